The van der Waals surface area contributed by atoms with E-state index in [-0.39, 0.29) is 18.4 Å². The van der Waals surface area contributed by atoms with Gasteiger partial charge in [-0.2, -0.15) is 18.4 Å². The molecule has 1 saturated heterocycles. The molecule has 1 aromatic carbocycles. The third-order valence-electron chi connectivity index (χ3n) is 4.73. The van der Waals surface area contributed by atoms with E-state index >= 15 is 0 Å². The lowest BCUT2D eigenvalue weighted by Gasteiger charge is -2.37. The molecule has 3 rings (SSSR count). The molecule has 1 fully saturated rings. The zero-order valence-electron chi connectivity index (χ0n) is 14.3. The van der Waals surface area contributed by atoms with E-state index in [4.69, 9.17) is 0 Å². The summed E-state index contributed by atoms with van der Waals surface area (Å²) in [5.41, 5.74) is 1.96. The van der Waals surface area contributed by atoms with Crippen molar-refractivity contribution < 1.29 is 18.0 Å². The molecule has 0 N–H and O–H groups in total. The minimum atomic E-state index is -4.50. The van der Waals surface area contributed by atoms with Gasteiger partial charge in [0.25, 0.3) is 0 Å². The average molecular weight is 361 g/mol. The van der Waals surface area contributed by atoms with Gasteiger partial charge < -0.3 is 4.90 Å². The Morgan fingerprint density at radius 1 is 1.35 bits per heavy atom. The van der Waals surface area contributed by atoms with Crippen molar-refractivity contribution in [3.05, 3.63) is 41.6 Å². The highest BCUT2D eigenvalue weighted by molar-refractivity contribution is 5.87. The van der Waals surface area contributed by atoms with Crippen molar-refractivity contribution in [1.82, 2.24) is 9.88 Å². The number of rotatable bonds is 2. The van der Waals surface area contributed by atoms with Gasteiger partial charge in [0.15, 0.2) is 0 Å². The highest BCUT2D eigenvalue weighted by atomic mass is 19.4. The molecule has 1 aliphatic heterocycles. The summed E-state index contributed by atoms with van der Waals surface area (Å²) in [6.45, 7) is 2.51. The minimum absolute atomic E-state index is 0.0876. The van der Waals surface area contributed by atoms with Crippen LogP contribution in [0.2, 0.25) is 0 Å². The predicted molar refractivity (Wildman–Crippen MR) is 90.2 cm³/mol. The predicted octanol–water partition coefficient (Wildman–Crippen LogP) is 4.01. The van der Waals surface area contributed by atoms with E-state index in [1.54, 1.807) is 18.3 Å². The van der Waals surface area contributed by atoms with Gasteiger partial charge in [0.1, 0.15) is 12.5 Å². The highest BCUT2D eigenvalue weighted by Crippen LogP contribution is 2.35. The van der Waals surface area contributed by atoms with Crippen molar-refractivity contribution in [3.63, 3.8) is 0 Å². The highest BCUT2D eigenvalue weighted by Gasteiger charge is 2.36. The van der Waals surface area contributed by atoms with Crippen molar-refractivity contribution in [3.8, 4) is 6.07 Å². The molecule has 1 amide bonds. The summed E-state index contributed by atoms with van der Waals surface area (Å²) in [5, 5.41) is 10.1. The monoisotopic (exact) mass is 361 g/mol. The zero-order chi connectivity index (χ0) is 18.9. The quantitative estimate of drug-likeness (QED) is 0.812. The first-order chi connectivity index (χ1) is 12.3. The molecule has 0 radical (unpaired) electrons. The Balaban J connectivity index is 1.93. The number of amides is 1. The average Bonchev–Trinajstić information content (AvgIpc) is 2.58. The van der Waals surface area contributed by atoms with E-state index < -0.39 is 18.5 Å². The molecule has 2 atom stereocenters. The first-order valence-corrected chi connectivity index (χ1v) is 8.40. The fourth-order valence-electron chi connectivity index (χ4n) is 3.70. The third-order valence-corrected chi connectivity index (χ3v) is 4.73. The number of hydrogen-bond donors (Lipinski definition) is 0. The molecule has 7 heteroatoms. The van der Waals surface area contributed by atoms with Crippen LogP contribution >= 0.6 is 0 Å². The van der Waals surface area contributed by atoms with Crippen molar-refractivity contribution in [2.75, 3.05) is 13.1 Å². The number of fused-ring (bicyclic) bond motifs is 1. The van der Waals surface area contributed by atoms with Crippen LogP contribution in [0, 0.1) is 17.2 Å². The number of benzene rings is 1. The fraction of sp³-hybridized carbons (Fsp3) is 0.421. The summed E-state index contributed by atoms with van der Waals surface area (Å²) in [5.74, 6) is -0.881. The van der Waals surface area contributed by atoms with Gasteiger partial charge in [-0.15, -0.1) is 0 Å². The van der Waals surface area contributed by atoms with E-state index in [1.807, 2.05) is 19.1 Å². The Hall–Kier alpha value is -2.62. The van der Waals surface area contributed by atoms with Gasteiger partial charge in [-0.25, -0.2) is 0 Å². The van der Waals surface area contributed by atoms with Crippen LogP contribution in [0.15, 0.2) is 30.5 Å². The summed E-state index contributed by atoms with van der Waals surface area (Å²) < 4.78 is 37.8. The lowest BCUT2D eigenvalue weighted by Crippen LogP contribution is -2.43. The number of aromatic nitrogens is 1. The molecule has 4 nitrogen and oxygen atoms in total. The van der Waals surface area contributed by atoms with Crippen LogP contribution in [0.5, 0.6) is 0 Å². The number of nitriles is 1. The van der Waals surface area contributed by atoms with Gasteiger partial charge in [0, 0.05) is 30.6 Å². The Morgan fingerprint density at radius 2 is 2.12 bits per heavy atom. The molecule has 1 aromatic heterocycles. The maximum absolute atomic E-state index is 12.6. The number of carbonyl (C=O) groups is 1. The van der Waals surface area contributed by atoms with E-state index in [1.165, 1.54) is 4.90 Å². The molecule has 0 saturated carbocycles. The molecule has 2 aromatic rings. The summed E-state index contributed by atoms with van der Waals surface area (Å²) in [6, 6.07) is 9.26. The van der Waals surface area contributed by atoms with Crippen LogP contribution in [-0.2, 0) is 4.79 Å². The Bertz CT molecular complexity index is 872. The van der Waals surface area contributed by atoms with E-state index in [2.05, 4.69) is 11.1 Å². The van der Waals surface area contributed by atoms with Crippen LogP contribution in [0.1, 0.15) is 36.8 Å². The van der Waals surface area contributed by atoms with Gasteiger partial charge in [-0.1, -0.05) is 19.1 Å². The summed E-state index contributed by atoms with van der Waals surface area (Å²) in [4.78, 5) is 17.6. The van der Waals surface area contributed by atoms with Crippen LogP contribution in [0.3, 0.4) is 0 Å². The van der Waals surface area contributed by atoms with Crippen LogP contribution in [-0.4, -0.2) is 35.1 Å². The lowest BCUT2D eigenvalue weighted by atomic mass is 9.83. The minimum Gasteiger partial charge on any atom is -0.342 e. The molecule has 0 bridgehead atoms. The van der Waals surface area contributed by atoms with Gasteiger partial charge >= 0.3 is 6.18 Å². The molecule has 2 heterocycles. The first kappa shape index (κ1) is 18.2. The van der Waals surface area contributed by atoms with E-state index in [0.29, 0.717) is 17.6 Å². The summed E-state index contributed by atoms with van der Waals surface area (Å²) in [6.07, 6.45) is -3.55. The molecule has 26 heavy (non-hydrogen) atoms. The maximum Gasteiger partial charge on any atom is 0.397 e. The van der Waals surface area contributed by atoms with Gasteiger partial charge in [-0.3, -0.25) is 9.78 Å². The second-order valence-electron chi connectivity index (χ2n) is 6.84. The summed E-state index contributed by atoms with van der Waals surface area (Å²) >= 11 is 0. The lowest BCUT2D eigenvalue weighted by molar-refractivity contribution is -0.162. The Morgan fingerprint density at radius 3 is 2.81 bits per heavy atom. The van der Waals surface area contributed by atoms with Gasteiger partial charge in [-0.05, 0) is 30.0 Å². The Kier molecular flexibility index (Phi) is 4.86. The smallest absolute Gasteiger partial charge is 0.342 e. The number of piperidine rings is 1. The van der Waals surface area contributed by atoms with E-state index in [0.717, 1.165) is 17.4 Å². The molecule has 0 aliphatic carbocycles. The van der Waals surface area contributed by atoms with Crippen molar-refractivity contribution in [1.29, 1.82) is 5.26 Å². The SMILES string of the molecule is CC1C[C@H](c2ccc(C#N)c3ncccc23)CN(C(=O)CC(F)(F)F)C1. The molecule has 136 valence electrons. The molecule has 1 aliphatic rings. The standard InChI is InChI=1S/C19H18F3N3O/c1-12-7-14(11-25(10-12)17(26)8-19(20,21)22)15-5-4-13(9-23)18-16(15)3-2-6-24-18/h2-6,12,14H,7-8,10-11H2,1H3/t12?,14-/m0/s1. The number of hydrogen-bond acceptors (Lipinski definition) is 3. The maximum atomic E-state index is 12.6. The number of carbonyl (C=O) groups excluding carboxylic acids is 1. The number of nitrogens with zero attached hydrogens (tertiary/aromatic N) is 3. The topological polar surface area (TPSA) is 57.0 Å². The largest absolute Gasteiger partial charge is 0.397 e. The first-order valence-electron chi connectivity index (χ1n) is 8.40. The number of pyridine rings is 1. The van der Waals surface area contributed by atoms with Crippen LogP contribution in [0.25, 0.3) is 10.9 Å². The fourth-order valence-corrected chi connectivity index (χ4v) is 3.70. The van der Waals surface area contributed by atoms with Crippen molar-refractivity contribution in [2.45, 2.75) is 31.9 Å². The second-order valence-corrected chi connectivity index (χ2v) is 6.84. The van der Waals surface area contributed by atoms with Crippen molar-refractivity contribution in [2.24, 2.45) is 5.92 Å². The third kappa shape index (κ3) is 3.79. The summed E-state index contributed by atoms with van der Waals surface area (Å²) in [7, 11) is 0. The normalized spacial score (nSPS) is 20.8. The molecular weight excluding hydrogens is 343 g/mol. The Labute approximate surface area is 149 Å². The van der Waals surface area contributed by atoms with Gasteiger partial charge in [0.2, 0.25) is 5.91 Å². The number of halogens is 3. The molecule has 0 spiro atoms. The van der Waals surface area contributed by atoms with Crippen LogP contribution in [0.4, 0.5) is 13.2 Å². The molecule has 1 unspecified atom stereocenters. The van der Waals surface area contributed by atoms with E-state index in [9.17, 15) is 23.2 Å². The van der Waals surface area contributed by atoms with Crippen molar-refractivity contribution >= 4 is 16.8 Å². The number of likely N-dealkylation sites (tertiary alicyclic amines) is 1. The zero-order valence-corrected chi connectivity index (χ0v) is 14.3. The van der Waals surface area contributed by atoms with Crippen LogP contribution < -0.4 is 0 Å². The second kappa shape index (κ2) is 6.94. The number of alkyl halides is 3. The van der Waals surface area contributed by atoms with Gasteiger partial charge in [0.05, 0.1) is 11.1 Å². The molecular formula is C19H18F3N3O.